The number of hydrogen-bond acceptors (Lipinski definition) is 4. The number of carbonyl (C=O) groups is 3. The summed E-state index contributed by atoms with van der Waals surface area (Å²) in [6, 6.07) is 7.03. The third kappa shape index (κ3) is 4.66. The molecule has 27 heavy (non-hydrogen) atoms. The van der Waals surface area contributed by atoms with Gasteiger partial charge in [0.25, 0.3) is 5.91 Å². The molecule has 7 nitrogen and oxygen atoms in total. The first-order valence-corrected chi connectivity index (χ1v) is 9.65. The minimum Gasteiger partial charge on any atom is -0.378 e. The number of benzene rings is 1. The van der Waals surface area contributed by atoms with Gasteiger partial charge in [-0.3, -0.25) is 14.4 Å². The monoisotopic (exact) mass is 373 g/mol. The van der Waals surface area contributed by atoms with Crippen molar-refractivity contribution >= 4 is 23.4 Å². The van der Waals surface area contributed by atoms with Crippen molar-refractivity contribution in [2.45, 2.75) is 26.2 Å². The van der Waals surface area contributed by atoms with Crippen LogP contribution in [-0.2, 0) is 14.3 Å². The van der Waals surface area contributed by atoms with Crippen molar-refractivity contribution in [3.05, 3.63) is 29.8 Å². The average Bonchev–Trinajstić information content (AvgIpc) is 3.07. The van der Waals surface area contributed by atoms with Gasteiger partial charge in [-0.1, -0.05) is 25.5 Å². The lowest BCUT2D eigenvalue weighted by atomic mass is 10.1. The van der Waals surface area contributed by atoms with E-state index in [9.17, 15) is 14.4 Å². The fourth-order valence-electron chi connectivity index (χ4n) is 3.46. The van der Waals surface area contributed by atoms with E-state index in [-0.39, 0.29) is 30.1 Å². The maximum atomic E-state index is 12.8. The summed E-state index contributed by atoms with van der Waals surface area (Å²) in [6.45, 7) is 5.37. The van der Waals surface area contributed by atoms with Gasteiger partial charge in [-0.05, 0) is 18.6 Å². The molecule has 3 amide bonds. The van der Waals surface area contributed by atoms with Crippen LogP contribution in [0.1, 0.15) is 36.5 Å². The van der Waals surface area contributed by atoms with Crippen LogP contribution < -0.4 is 5.32 Å². The molecule has 3 rings (SSSR count). The standard InChI is InChI=1S/C20H27N3O4/c1-2-3-8-23-14-15(13-18(23)24)19(25)21-17-7-5-4-6-16(17)20(26)22-9-11-27-12-10-22/h4-7,15H,2-3,8-14H2,1H3,(H,21,25)/t15-/m1/s1. The highest BCUT2D eigenvalue weighted by atomic mass is 16.5. The lowest BCUT2D eigenvalue weighted by Gasteiger charge is -2.27. The minimum absolute atomic E-state index is 0.0290. The van der Waals surface area contributed by atoms with E-state index >= 15 is 0 Å². The molecule has 0 radical (unpaired) electrons. The van der Waals surface area contributed by atoms with E-state index in [0.717, 1.165) is 12.8 Å². The normalized spacial score (nSPS) is 20.0. The van der Waals surface area contributed by atoms with Crippen LogP contribution in [0.2, 0.25) is 0 Å². The van der Waals surface area contributed by atoms with E-state index in [0.29, 0.717) is 50.6 Å². The number of unbranched alkanes of at least 4 members (excludes halogenated alkanes) is 1. The Morgan fingerprint density at radius 3 is 2.70 bits per heavy atom. The molecule has 1 atom stereocenters. The number of ether oxygens (including phenoxy) is 1. The number of likely N-dealkylation sites (tertiary alicyclic amines) is 1. The largest absolute Gasteiger partial charge is 0.378 e. The highest BCUT2D eigenvalue weighted by molar-refractivity contribution is 6.05. The van der Waals surface area contributed by atoms with E-state index in [4.69, 9.17) is 4.74 Å². The van der Waals surface area contributed by atoms with E-state index in [2.05, 4.69) is 12.2 Å². The lowest BCUT2D eigenvalue weighted by Crippen LogP contribution is -2.41. The van der Waals surface area contributed by atoms with Crippen LogP contribution in [0.25, 0.3) is 0 Å². The Morgan fingerprint density at radius 1 is 1.22 bits per heavy atom. The number of nitrogens with zero attached hydrogens (tertiary/aromatic N) is 2. The second-order valence-corrected chi connectivity index (χ2v) is 7.03. The summed E-state index contributed by atoms with van der Waals surface area (Å²) in [5.74, 6) is -0.659. The summed E-state index contributed by atoms with van der Waals surface area (Å²) in [4.78, 5) is 41.1. The van der Waals surface area contributed by atoms with Gasteiger partial charge < -0.3 is 19.9 Å². The van der Waals surface area contributed by atoms with Crippen LogP contribution in [0, 0.1) is 5.92 Å². The third-order valence-electron chi connectivity index (χ3n) is 5.08. The Labute approximate surface area is 159 Å². The van der Waals surface area contributed by atoms with Crippen molar-refractivity contribution in [1.82, 2.24) is 9.80 Å². The maximum Gasteiger partial charge on any atom is 0.256 e. The van der Waals surface area contributed by atoms with Crippen molar-refractivity contribution in [3.63, 3.8) is 0 Å². The Hall–Kier alpha value is -2.41. The lowest BCUT2D eigenvalue weighted by molar-refractivity contribution is -0.128. The molecule has 0 aliphatic carbocycles. The molecule has 2 heterocycles. The molecule has 2 fully saturated rings. The van der Waals surface area contributed by atoms with Gasteiger partial charge in [-0.2, -0.15) is 0 Å². The predicted octanol–water partition coefficient (Wildman–Crippen LogP) is 1.75. The number of para-hydroxylation sites is 1. The first-order chi connectivity index (χ1) is 13.1. The third-order valence-corrected chi connectivity index (χ3v) is 5.08. The van der Waals surface area contributed by atoms with Gasteiger partial charge in [-0.25, -0.2) is 0 Å². The maximum absolute atomic E-state index is 12.8. The van der Waals surface area contributed by atoms with Crippen molar-refractivity contribution < 1.29 is 19.1 Å². The molecular formula is C20H27N3O4. The molecule has 146 valence electrons. The number of amides is 3. The summed E-state index contributed by atoms with van der Waals surface area (Å²) in [6.07, 6.45) is 2.18. The fraction of sp³-hybridized carbons (Fsp3) is 0.550. The number of rotatable bonds is 6. The Bertz CT molecular complexity index is 700. The number of morpholine rings is 1. The molecule has 0 spiro atoms. The van der Waals surface area contributed by atoms with E-state index in [1.807, 2.05) is 0 Å². The molecule has 0 unspecified atom stereocenters. The summed E-state index contributed by atoms with van der Waals surface area (Å²) in [5, 5.41) is 2.87. The highest BCUT2D eigenvalue weighted by Gasteiger charge is 2.34. The van der Waals surface area contributed by atoms with Crippen molar-refractivity contribution in [2.75, 3.05) is 44.7 Å². The first-order valence-electron chi connectivity index (χ1n) is 9.65. The average molecular weight is 373 g/mol. The second-order valence-electron chi connectivity index (χ2n) is 7.03. The van der Waals surface area contributed by atoms with E-state index < -0.39 is 0 Å². The van der Waals surface area contributed by atoms with E-state index in [1.54, 1.807) is 34.1 Å². The van der Waals surface area contributed by atoms with Gasteiger partial charge in [0.2, 0.25) is 11.8 Å². The minimum atomic E-state index is -0.374. The van der Waals surface area contributed by atoms with Crippen molar-refractivity contribution in [3.8, 4) is 0 Å². The summed E-state index contributed by atoms with van der Waals surface area (Å²) in [5.41, 5.74) is 0.971. The molecule has 0 bridgehead atoms. The van der Waals surface area contributed by atoms with Crippen LogP contribution in [0.5, 0.6) is 0 Å². The van der Waals surface area contributed by atoms with Gasteiger partial charge in [0.15, 0.2) is 0 Å². The van der Waals surface area contributed by atoms with E-state index in [1.165, 1.54) is 0 Å². The van der Waals surface area contributed by atoms with Crippen LogP contribution >= 0.6 is 0 Å². The number of nitrogens with one attached hydrogen (secondary N) is 1. The molecule has 0 aromatic heterocycles. The van der Waals surface area contributed by atoms with Gasteiger partial charge in [0, 0.05) is 32.6 Å². The molecule has 7 heteroatoms. The predicted molar refractivity (Wildman–Crippen MR) is 101 cm³/mol. The summed E-state index contributed by atoms with van der Waals surface area (Å²) in [7, 11) is 0. The zero-order chi connectivity index (χ0) is 19.2. The quantitative estimate of drug-likeness (QED) is 0.824. The highest BCUT2D eigenvalue weighted by Crippen LogP contribution is 2.23. The Kier molecular flexibility index (Phi) is 6.45. The molecule has 2 aliphatic heterocycles. The molecule has 1 aromatic carbocycles. The molecule has 1 N–H and O–H groups in total. The first kappa shape index (κ1) is 19.4. The van der Waals surface area contributed by atoms with Crippen molar-refractivity contribution in [2.24, 2.45) is 5.92 Å². The second kappa shape index (κ2) is 8.99. The van der Waals surface area contributed by atoms with Crippen LogP contribution in [-0.4, -0.2) is 66.9 Å². The van der Waals surface area contributed by atoms with Gasteiger partial charge in [0.1, 0.15) is 0 Å². The van der Waals surface area contributed by atoms with Crippen LogP contribution in [0.4, 0.5) is 5.69 Å². The zero-order valence-electron chi connectivity index (χ0n) is 15.8. The van der Waals surface area contributed by atoms with Gasteiger partial charge in [-0.15, -0.1) is 0 Å². The Morgan fingerprint density at radius 2 is 1.96 bits per heavy atom. The SMILES string of the molecule is CCCCN1C[C@H](C(=O)Nc2ccccc2C(=O)N2CCOCC2)CC1=O. The van der Waals surface area contributed by atoms with Crippen molar-refractivity contribution in [1.29, 1.82) is 0 Å². The molecule has 2 saturated heterocycles. The number of carbonyl (C=O) groups excluding carboxylic acids is 3. The van der Waals surface area contributed by atoms with Crippen LogP contribution in [0.15, 0.2) is 24.3 Å². The molecule has 1 aromatic rings. The van der Waals surface area contributed by atoms with Gasteiger partial charge in [0.05, 0.1) is 30.4 Å². The van der Waals surface area contributed by atoms with Gasteiger partial charge >= 0.3 is 0 Å². The molecule has 2 aliphatic rings. The van der Waals surface area contributed by atoms with Crippen LogP contribution in [0.3, 0.4) is 0 Å². The smallest absolute Gasteiger partial charge is 0.256 e. The number of hydrogen-bond donors (Lipinski definition) is 1. The molecular weight excluding hydrogens is 346 g/mol. The molecule has 0 saturated carbocycles. The summed E-state index contributed by atoms with van der Waals surface area (Å²) >= 11 is 0. The fourth-order valence-corrected chi connectivity index (χ4v) is 3.46. The Balaban J connectivity index is 1.66. The summed E-state index contributed by atoms with van der Waals surface area (Å²) < 4.78 is 5.30. The zero-order valence-corrected chi connectivity index (χ0v) is 15.8. The topological polar surface area (TPSA) is 79.0 Å². The number of anilines is 1.